The molecule has 5 nitrogen and oxygen atoms in total. The lowest BCUT2D eigenvalue weighted by atomic mass is 10.6. The zero-order valence-corrected chi connectivity index (χ0v) is 4.17. The minimum atomic E-state index is -1.16. The molecule has 1 amide bonds. The maximum Gasteiger partial charge on any atom is 0.402 e. The van der Waals surface area contributed by atoms with Crippen LogP contribution in [0.5, 0.6) is 0 Å². The number of nitrogens with two attached hydrogens (primary N) is 1. The Morgan fingerprint density at radius 3 is 2.56 bits per heavy atom. The predicted molar refractivity (Wildman–Crippen MR) is 22.8 cm³/mol. The Morgan fingerprint density at radius 2 is 2.33 bits per heavy atom. The van der Waals surface area contributed by atoms with Gasteiger partial charge in [-0.3, -0.25) is 4.79 Å². The number of carbonyl (C=O) groups excluding carboxylic acids is 1. The minimum Gasteiger partial charge on any atom is -0.390 e. The van der Waals surface area contributed by atoms with Crippen molar-refractivity contribution in [2.45, 2.75) is 0 Å². The van der Waals surface area contributed by atoms with Gasteiger partial charge in [0.2, 0.25) is 0 Å². The standard InChI is InChI=1S/C3H2FN3O2/c4-3-7-6-2(9-3)1(5)8/h(H2,5,8). The number of primary amides is 1. The molecule has 0 aliphatic carbocycles. The highest BCUT2D eigenvalue weighted by Crippen LogP contribution is 1.93. The van der Waals surface area contributed by atoms with Crippen molar-refractivity contribution in [3.05, 3.63) is 12.0 Å². The lowest BCUT2D eigenvalue weighted by Crippen LogP contribution is -2.10. The van der Waals surface area contributed by atoms with E-state index in [1.807, 2.05) is 0 Å². The van der Waals surface area contributed by atoms with Gasteiger partial charge in [-0.2, -0.15) is 0 Å². The second-order valence-electron chi connectivity index (χ2n) is 1.22. The molecule has 0 saturated heterocycles. The molecule has 0 fully saturated rings. The summed E-state index contributed by atoms with van der Waals surface area (Å²) in [6.07, 6.45) is -1.16. The van der Waals surface area contributed by atoms with Gasteiger partial charge in [0.25, 0.3) is 0 Å². The van der Waals surface area contributed by atoms with E-state index in [-0.39, 0.29) is 0 Å². The van der Waals surface area contributed by atoms with E-state index in [4.69, 9.17) is 0 Å². The van der Waals surface area contributed by atoms with Crippen LogP contribution in [0.1, 0.15) is 10.7 Å². The zero-order valence-electron chi connectivity index (χ0n) is 4.17. The molecule has 0 atom stereocenters. The van der Waals surface area contributed by atoms with E-state index in [0.29, 0.717) is 0 Å². The van der Waals surface area contributed by atoms with Gasteiger partial charge < -0.3 is 10.2 Å². The molecule has 0 aliphatic heterocycles. The fraction of sp³-hybridized carbons (Fsp3) is 0. The Hall–Kier alpha value is -1.46. The number of hydrogen-bond donors (Lipinski definition) is 1. The van der Waals surface area contributed by atoms with E-state index in [1.165, 1.54) is 0 Å². The Morgan fingerprint density at radius 1 is 1.67 bits per heavy atom. The Balaban J connectivity index is 2.98. The van der Waals surface area contributed by atoms with Gasteiger partial charge in [-0.15, -0.1) is 4.39 Å². The molecule has 1 rings (SSSR count). The minimum absolute atomic E-state index is 0.521. The maximum absolute atomic E-state index is 11.7. The number of nitrogens with zero attached hydrogens (tertiary/aromatic N) is 2. The monoisotopic (exact) mass is 131 g/mol. The molecule has 1 heterocycles. The molecule has 0 spiro atoms. The molecule has 1 aromatic rings. The normalized spacial score (nSPS) is 9.44. The highest BCUT2D eigenvalue weighted by Gasteiger charge is 2.08. The summed E-state index contributed by atoms with van der Waals surface area (Å²) in [5.74, 6) is -1.46. The average molecular weight is 131 g/mol. The molecule has 1 aromatic heterocycles. The van der Waals surface area contributed by atoms with E-state index < -0.39 is 17.9 Å². The van der Waals surface area contributed by atoms with Crippen LogP contribution in [0, 0.1) is 6.14 Å². The van der Waals surface area contributed by atoms with Crippen molar-refractivity contribution >= 4 is 5.91 Å². The Labute approximate surface area is 48.7 Å². The molecule has 0 aliphatic rings. The summed E-state index contributed by atoms with van der Waals surface area (Å²) in [5, 5.41) is 5.70. The van der Waals surface area contributed by atoms with Gasteiger partial charge in [-0.1, -0.05) is 10.2 Å². The van der Waals surface area contributed by atoms with Crippen LogP contribution in [0.2, 0.25) is 0 Å². The van der Waals surface area contributed by atoms with Crippen LogP contribution in [0.4, 0.5) is 4.39 Å². The molecular weight excluding hydrogens is 129 g/mol. The van der Waals surface area contributed by atoms with Crippen molar-refractivity contribution in [2.75, 3.05) is 0 Å². The molecule has 0 saturated carbocycles. The van der Waals surface area contributed by atoms with Crippen molar-refractivity contribution in [3.8, 4) is 0 Å². The summed E-state index contributed by atoms with van der Waals surface area (Å²) in [6, 6.07) is 0. The van der Waals surface area contributed by atoms with E-state index in [0.717, 1.165) is 0 Å². The molecule has 6 heteroatoms. The zero-order chi connectivity index (χ0) is 6.85. The van der Waals surface area contributed by atoms with E-state index >= 15 is 0 Å². The van der Waals surface area contributed by atoms with E-state index in [9.17, 15) is 9.18 Å². The Kier molecular flexibility index (Phi) is 1.14. The van der Waals surface area contributed by atoms with Gasteiger partial charge in [0.15, 0.2) is 0 Å². The van der Waals surface area contributed by atoms with Crippen LogP contribution < -0.4 is 5.73 Å². The maximum atomic E-state index is 11.7. The lowest BCUT2D eigenvalue weighted by molar-refractivity contribution is 0.0958. The van der Waals surface area contributed by atoms with Crippen molar-refractivity contribution in [1.82, 2.24) is 10.2 Å². The van der Waals surface area contributed by atoms with Crippen LogP contribution in [0.3, 0.4) is 0 Å². The largest absolute Gasteiger partial charge is 0.402 e. The number of carbonyl (C=O) groups is 1. The quantitative estimate of drug-likeness (QED) is 0.546. The van der Waals surface area contributed by atoms with Gasteiger partial charge in [0.05, 0.1) is 0 Å². The van der Waals surface area contributed by atoms with Crippen molar-refractivity contribution in [3.63, 3.8) is 0 Å². The fourth-order valence-electron chi connectivity index (χ4n) is 0.305. The lowest BCUT2D eigenvalue weighted by Gasteiger charge is -1.77. The van der Waals surface area contributed by atoms with Crippen molar-refractivity contribution in [2.24, 2.45) is 5.73 Å². The topological polar surface area (TPSA) is 82.0 Å². The van der Waals surface area contributed by atoms with Gasteiger partial charge in [-0.25, -0.2) is 0 Å². The second kappa shape index (κ2) is 1.81. The van der Waals surface area contributed by atoms with Gasteiger partial charge in [-0.05, 0) is 0 Å². The first-order valence-corrected chi connectivity index (χ1v) is 1.99. The SMILES string of the molecule is NC(=O)c1nnc(F)o1. The van der Waals surface area contributed by atoms with Gasteiger partial charge in [0, 0.05) is 0 Å². The van der Waals surface area contributed by atoms with Crippen molar-refractivity contribution in [1.29, 1.82) is 0 Å². The van der Waals surface area contributed by atoms with Crippen LogP contribution in [-0.2, 0) is 0 Å². The third-order valence-electron chi connectivity index (χ3n) is 0.611. The summed E-state index contributed by atoms with van der Waals surface area (Å²) in [5.41, 5.74) is 4.63. The summed E-state index contributed by atoms with van der Waals surface area (Å²) < 4.78 is 15.7. The summed E-state index contributed by atoms with van der Waals surface area (Å²) in [7, 11) is 0. The van der Waals surface area contributed by atoms with Crippen LogP contribution >= 0.6 is 0 Å². The van der Waals surface area contributed by atoms with Crippen LogP contribution in [-0.4, -0.2) is 16.1 Å². The molecule has 0 unspecified atom stereocenters. The predicted octanol–water partition coefficient (Wildman–Crippen LogP) is -0.692. The third kappa shape index (κ3) is 1.01. The second-order valence-corrected chi connectivity index (χ2v) is 1.22. The first-order valence-electron chi connectivity index (χ1n) is 1.99. The van der Waals surface area contributed by atoms with Gasteiger partial charge >= 0.3 is 17.9 Å². The Bertz CT molecular complexity index is 233. The smallest absolute Gasteiger partial charge is 0.390 e. The molecule has 9 heavy (non-hydrogen) atoms. The molecular formula is C3H2FN3O2. The van der Waals surface area contributed by atoms with Crippen LogP contribution in [0.15, 0.2) is 4.42 Å². The first-order chi connectivity index (χ1) is 4.20. The molecule has 0 aromatic carbocycles. The molecule has 48 valence electrons. The van der Waals surface area contributed by atoms with E-state index in [2.05, 4.69) is 20.3 Å². The fourth-order valence-corrected chi connectivity index (χ4v) is 0.305. The number of rotatable bonds is 1. The molecule has 0 radical (unpaired) electrons. The first kappa shape index (κ1) is 5.67. The molecule has 0 bridgehead atoms. The highest BCUT2D eigenvalue weighted by atomic mass is 19.1. The van der Waals surface area contributed by atoms with Crippen molar-refractivity contribution < 1.29 is 13.6 Å². The summed E-state index contributed by atoms with van der Waals surface area (Å²) >= 11 is 0. The number of aromatic nitrogens is 2. The van der Waals surface area contributed by atoms with Crippen LogP contribution in [0.25, 0.3) is 0 Å². The third-order valence-corrected chi connectivity index (χ3v) is 0.611. The molecule has 2 N–H and O–H groups in total. The average Bonchev–Trinajstić information content (AvgIpc) is 2.14. The summed E-state index contributed by atoms with van der Waals surface area (Å²) in [4.78, 5) is 10.1. The summed E-state index contributed by atoms with van der Waals surface area (Å²) in [6.45, 7) is 0. The number of amides is 1. The number of halogens is 1. The number of hydrogen-bond acceptors (Lipinski definition) is 4. The van der Waals surface area contributed by atoms with Gasteiger partial charge in [0.1, 0.15) is 0 Å². The van der Waals surface area contributed by atoms with E-state index in [1.54, 1.807) is 0 Å². The highest BCUT2D eigenvalue weighted by molar-refractivity contribution is 5.87.